The number of rotatable bonds is 9. The smallest absolute Gasteiger partial charge is 0.247 e. The van der Waals surface area contributed by atoms with Crippen molar-refractivity contribution >= 4 is 44.2 Å². The second kappa shape index (κ2) is 11.5. The SMILES string of the molecule is CCC(C)(NC)C(=O)N(c1ccc(C(C)=O)cc1)C(c1ccccc1)c1cc2cc(Br)ccc2nc1OC. The summed E-state index contributed by atoms with van der Waals surface area (Å²) in [6, 6.07) is 24.4. The number of nitrogens with one attached hydrogen (secondary N) is 1. The Kier molecular flexibility index (Phi) is 8.29. The Labute approximate surface area is 232 Å². The Morgan fingerprint density at radius 1 is 1.05 bits per heavy atom. The van der Waals surface area contributed by atoms with Gasteiger partial charge in [0.05, 0.1) is 24.2 Å². The quantitative estimate of drug-likeness (QED) is 0.225. The number of carbonyl (C=O) groups is 2. The average Bonchev–Trinajstić information content (AvgIpc) is 2.94. The van der Waals surface area contributed by atoms with Gasteiger partial charge in [0.2, 0.25) is 11.8 Å². The second-order valence-corrected chi connectivity index (χ2v) is 10.4. The van der Waals surface area contributed by atoms with Gasteiger partial charge in [0.15, 0.2) is 5.78 Å². The molecule has 0 fully saturated rings. The first-order valence-corrected chi connectivity index (χ1v) is 13.3. The maximum atomic E-state index is 14.5. The lowest BCUT2D eigenvalue weighted by Gasteiger charge is -2.39. The molecule has 0 saturated carbocycles. The van der Waals surface area contributed by atoms with Crippen LogP contribution in [0.4, 0.5) is 5.69 Å². The average molecular weight is 575 g/mol. The molecule has 7 heteroatoms. The van der Waals surface area contributed by atoms with Gasteiger partial charge in [0.25, 0.3) is 0 Å². The first kappa shape index (κ1) is 27.5. The number of amides is 1. The predicted octanol–water partition coefficient (Wildman–Crippen LogP) is 6.72. The van der Waals surface area contributed by atoms with Crippen molar-refractivity contribution in [3.63, 3.8) is 0 Å². The number of benzene rings is 3. The van der Waals surface area contributed by atoms with Crippen LogP contribution in [0, 0.1) is 0 Å². The largest absolute Gasteiger partial charge is 0.481 e. The molecule has 2 atom stereocenters. The van der Waals surface area contributed by atoms with E-state index in [1.165, 1.54) is 6.92 Å². The standard InChI is InChI=1S/C31H32BrN3O3/c1-6-31(3,33-4)30(37)35(25-15-12-21(13-16-25)20(2)36)28(22-10-8-7-9-11-22)26-19-23-18-24(32)14-17-27(23)34-29(26)38-5/h7-19,28,33H,6H2,1-5H3. The number of aromatic nitrogens is 1. The lowest BCUT2D eigenvalue weighted by Crippen LogP contribution is -2.55. The first-order valence-electron chi connectivity index (χ1n) is 12.5. The number of pyridine rings is 1. The van der Waals surface area contributed by atoms with Gasteiger partial charge in [-0.05, 0) is 81.4 Å². The van der Waals surface area contributed by atoms with E-state index in [0.29, 0.717) is 23.6 Å². The molecule has 1 aromatic heterocycles. The van der Waals surface area contributed by atoms with Crippen molar-refractivity contribution in [1.82, 2.24) is 10.3 Å². The molecule has 4 rings (SSSR count). The second-order valence-electron chi connectivity index (χ2n) is 9.45. The number of ketones is 1. The summed E-state index contributed by atoms with van der Waals surface area (Å²) in [7, 11) is 3.39. The van der Waals surface area contributed by atoms with E-state index in [2.05, 4.69) is 21.2 Å². The minimum Gasteiger partial charge on any atom is -0.481 e. The molecule has 196 valence electrons. The topological polar surface area (TPSA) is 71.5 Å². The van der Waals surface area contributed by atoms with Crippen LogP contribution in [0.3, 0.4) is 0 Å². The van der Waals surface area contributed by atoms with Crippen LogP contribution >= 0.6 is 15.9 Å². The van der Waals surface area contributed by atoms with Gasteiger partial charge in [0, 0.05) is 26.7 Å². The molecule has 3 aromatic carbocycles. The number of halogens is 1. The van der Waals surface area contributed by atoms with Gasteiger partial charge in [-0.15, -0.1) is 0 Å². The normalized spacial score (nSPS) is 13.5. The summed E-state index contributed by atoms with van der Waals surface area (Å²) in [5.74, 6) is 0.298. The van der Waals surface area contributed by atoms with E-state index in [4.69, 9.17) is 9.72 Å². The highest BCUT2D eigenvalue weighted by molar-refractivity contribution is 9.10. The number of nitrogens with zero attached hydrogens (tertiary/aromatic N) is 2. The van der Waals surface area contributed by atoms with Crippen molar-refractivity contribution in [3.8, 4) is 5.88 Å². The Hall–Kier alpha value is -3.55. The number of hydrogen-bond donors (Lipinski definition) is 1. The maximum Gasteiger partial charge on any atom is 0.247 e. The first-order chi connectivity index (χ1) is 18.2. The highest BCUT2D eigenvalue weighted by Gasteiger charge is 2.40. The molecule has 0 spiro atoms. The molecule has 2 unspecified atom stereocenters. The number of carbonyl (C=O) groups excluding carboxylic acids is 2. The third-order valence-electron chi connectivity index (χ3n) is 7.13. The molecule has 4 aromatic rings. The van der Waals surface area contributed by atoms with Gasteiger partial charge in [0.1, 0.15) is 0 Å². The minimum absolute atomic E-state index is 0.0337. The van der Waals surface area contributed by atoms with Gasteiger partial charge in [-0.25, -0.2) is 4.98 Å². The van der Waals surface area contributed by atoms with Crippen LogP contribution in [-0.2, 0) is 4.79 Å². The Balaban J connectivity index is 2.04. The van der Waals surface area contributed by atoms with E-state index < -0.39 is 11.6 Å². The van der Waals surface area contributed by atoms with Crippen LogP contribution in [0.2, 0.25) is 0 Å². The summed E-state index contributed by atoms with van der Waals surface area (Å²) in [6.07, 6.45) is 0.575. The Bertz CT molecular complexity index is 1450. The fourth-order valence-electron chi connectivity index (χ4n) is 4.55. The zero-order chi connectivity index (χ0) is 27.4. The summed E-state index contributed by atoms with van der Waals surface area (Å²) < 4.78 is 6.75. The van der Waals surface area contributed by atoms with E-state index in [1.807, 2.05) is 80.6 Å². The molecular formula is C31H32BrN3O3. The fourth-order valence-corrected chi connectivity index (χ4v) is 4.93. The molecule has 0 aliphatic carbocycles. The van der Waals surface area contributed by atoms with E-state index in [9.17, 15) is 9.59 Å². The number of anilines is 1. The summed E-state index contributed by atoms with van der Waals surface area (Å²) in [5, 5.41) is 4.15. The van der Waals surface area contributed by atoms with Crippen molar-refractivity contribution < 1.29 is 14.3 Å². The molecule has 0 bridgehead atoms. The highest BCUT2D eigenvalue weighted by atomic mass is 79.9. The molecule has 0 aliphatic rings. The summed E-state index contributed by atoms with van der Waals surface area (Å²) >= 11 is 3.57. The van der Waals surface area contributed by atoms with Crippen molar-refractivity contribution in [2.24, 2.45) is 0 Å². The number of Topliss-reactive ketones (excluding diaryl/α,β-unsaturated/α-hetero) is 1. The molecule has 38 heavy (non-hydrogen) atoms. The number of hydrogen-bond acceptors (Lipinski definition) is 5. The van der Waals surface area contributed by atoms with Gasteiger partial charge in [-0.2, -0.15) is 0 Å². The Morgan fingerprint density at radius 3 is 2.32 bits per heavy atom. The molecule has 1 amide bonds. The van der Waals surface area contributed by atoms with Crippen molar-refractivity contribution in [1.29, 1.82) is 0 Å². The lowest BCUT2D eigenvalue weighted by atomic mass is 9.91. The van der Waals surface area contributed by atoms with Crippen molar-refractivity contribution in [3.05, 3.63) is 100 Å². The third-order valence-corrected chi connectivity index (χ3v) is 7.63. The molecule has 0 radical (unpaired) electrons. The van der Waals surface area contributed by atoms with Gasteiger partial charge in [-0.3, -0.25) is 14.5 Å². The number of methoxy groups -OCH3 is 1. The third kappa shape index (κ3) is 5.35. The number of fused-ring (bicyclic) bond motifs is 1. The molecule has 1 N–H and O–H groups in total. The number of ether oxygens (including phenoxy) is 1. The van der Waals surface area contributed by atoms with Gasteiger partial charge in [-0.1, -0.05) is 53.2 Å². The summed E-state index contributed by atoms with van der Waals surface area (Å²) in [4.78, 5) is 33.1. The maximum absolute atomic E-state index is 14.5. The van der Waals surface area contributed by atoms with Crippen LogP contribution in [0.5, 0.6) is 5.88 Å². The van der Waals surface area contributed by atoms with Crippen LogP contribution in [0.25, 0.3) is 10.9 Å². The summed E-state index contributed by atoms with van der Waals surface area (Å²) in [6.45, 7) is 5.42. The van der Waals surface area contributed by atoms with Crippen LogP contribution in [0.1, 0.15) is 54.7 Å². The van der Waals surface area contributed by atoms with E-state index in [1.54, 1.807) is 31.2 Å². The van der Waals surface area contributed by atoms with Crippen LogP contribution in [-0.4, -0.2) is 36.4 Å². The molecule has 1 heterocycles. The lowest BCUT2D eigenvalue weighted by molar-refractivity contribution is -0.124. The zero-order valence-corrected chi connectivity index (χ0v) is 23.9. The Morgan fingerprint density at radius 2 is 1.74 bits per heavy atom. The fraction of sp³-hybridized carbons (Fsp3) is 0.258. The monoisotopic (exact) mass is 573 g/mol. The zero-order valence-electron chi connectivity index (χ0n) is 22.3. The van der Waals surface area contributed by atoms with E-state index in [-0.39, 0.29) is 11.7 Å². The van der Waals surface area contributed by atoms with E-state index in [0.717, 1.165) is 26.5 Å². The molecule has 0 saturated heterocycles. The van der Waals surface area contributed by atoms with Gasteiger partial charge < -0.3 is 10.1 Å². The summed E-state index contributed by atoms with van der Waals surface area (Å²) in [5.41, 5.74) is 2.85. The van der Waals surface area contributed by atoms with Crippen molar-refractivity contribution in [2.45, 2.75) is 38.8 Å². The van der Waals surface area contributed by atoms with E-state index >= 15 is 0 Å². The molecule has 0 aliphatic heterocycles. The van der Waals surface area contributed by atoms with Crippen molar-refractivity contribution in [2.75, 3.05) is 19.1 Å². The highest BCUT2D eigenvalue weighted by Crippen LogP contribution is 2.40. The molecule has 6 nitrogen and oxygen atoms in total. The minimum atomic E-state index is -0.840. The van der Waals surface area contributed by atoms with Crippen LogP contribution in [0.15, 0.2) is 83.3 Å². The molecular weight excluding hydrogens is 542 g/mol. The van der Waals surface area contributed by atoms with Gasteiger partial charge >= 0.3 is 0 Å². The number of likely N-dealkylation sites (N-methyl/N-ethyl adjacent to an activating group) is 1. The predicted molar refractivity (Wildman–Crippen MR) is 156 cm³/mol. The van der Waals surface area contributed by atoms with Crippen LogP contribution < -0.4 is 15.0 Å².